The first-order chi connectivity index (χ1) is 14.7. The molecule has 0 radical (unpaired) electrons. The van der Waals surface area contributed by atoms with Gasteiger partial charge >= 0.3 is 6.16 Å². The second kappa shape index (κ2) is 7.64. The largest absolute Gasteiger partial charge is 0.508 e. The average molecular weight is 431 g/mol. The maximum absolute atomic E-state index is 11.9. The van der Waals surface area contributed by atoms with Crippen LogP contribution in [0.2, 0.25) is 0 Å². The van der Waals surface area contributed by atoms with Crippen LogP contribution in [0.4, 0.5) is 10.6 Å². The minimum Gasteiger partial charge on any atom is -0.434 e. The molecule has 2 aromatic rings. The molecular formula is C20H25N5O6. The van der Waals surface area contributed by atoms with E-state index in [1.54, 1.807) is 26.0 Å². The van der Waals surface area contributed by atoms with Crippen molar-refractivity contribution in [2.24, 2.45) is 5.92 Å². The van der Waals surface area contributed by atoms with Gasteiger partial charge in [0.15, 0.2) is 11.6 Å². The number of anilines is 1. The predicted molar refractivity (Wildman–Crippen MR) is 106 cm³/mol. The van der Waals surface area contributed by atoms with Crippen LogP contribution in [0.3, 0.4) is 0 Å². The summed E-state index contributed by atoms with van der Waals surface area (Å²) in [5.74, 6) is -0.519. The molecule has 0 aromatic carbocycles. The number of carbonyl (C=O) groups is 1. The van der Waals surface area contributed by atoms with Gasteiger partial charge in [0, 0.05) is 0 Å². The number of nitrogens with zero attached hydrogens (tertiary/aromatic N) is 4. The van der Waals surface area contributed by atoms with E-state index in [1.807, 2.05) is 13.8 Å². The number of carbonyl (C=O) groups excluding carboxylic acids is 1. The van der Waals surface area contributed by atoms with E-state index in [2.05, 4.69) is 16.2 Å². The molecule has 11 nitrogen and oxygen atoms in total. The van der Waals surface area contributed by atoms with Gasteiger partial charge in [-0.25, -0.2) is 14.3 Å². The highest BCUT2D eigenvalue weighted by atomic mass is 16.8. The van der Waals surface area contributed by atoms with Crippen LogP contribution in [-0.4, -0.2) is 58.1 Å². The van der Waals surface area contributed by atoms with Gasteiger partial charge in [-0.05, 0) is 31.9 Å². The van der Waals surface area contributed by atoms with Gasteiger partial charge in [0.05, 0.1) is 12.3 Å². The molecular weight excluding hydrogens is 406 g/mol. The van der Waals surface area contributed by atoms with E-state index in [0.29, 0.717) is 11.2 Å². The van der Waals surface area contributed by atoms with Gasteiger partial charge < -0.3 is 29.4 Å². The van der Waals surface area contributed by atoms with E-state index in [0.717, 1.165) is 0 Å². The Morgan fingerprint density at radius 3 is 2.81 bits per heavy atom. The summed E-state index contributed by atoms with van der Waals surface area (Å²) in [6, 6.07) is 5.63. The molecule has 4 rings (SSSR count). The van der Waals surface area contributed by atoms with Crippen molar-refractivity contribution >= 4 is 17.5 Å². The van der Waals surface area contributed by atoms with E-state index in [9.17, 15) is 10.1 Å². The van der Waals surface area contributed by atoms with Crippen LogP contribution in [0.1, 0.15) is 33.4 Å². The molecule has 2 saturated heterocycles. The van der Waals surface area contributed by atoms with Crippen molar-refractivity contribution in [3.05, 3.63) is 24.2 Å². The first-order valence-electron chi connectivity index (χ1n) is 10.00. The number of aromatic nitrogens is 3. The molecule has 0 amide bonds. The molecule has 0 bridgehead atoms. The highest BCUT2D eigenvalue weighted by molar-refractivity contribution is 5.66. The number of nitrogens with two attached hydrogens (primary N) is 1. The topological polar surface area (TPSA) is 143 Å². The Labute approximate surface area is 179 Å². The molecule has 166 valence electrons. The minimum atomic E-state index is -1.57. The maximum Gasteiger partial charge on any atom is 0.508 e. The summed E-state index contributed by atoms with van der Waals surface area (Å²) in [7, 11) is 0. The molecule has 0 unspecified atom stereocenters. The summed E-state index contributed by atoms with van der Waals surface area (Å²) in [6.45, 7) is 7.41. The number of rotatable bonds is 5. The lowest BCUT2D eigenvalue weighted by Gasteiger charge is -2.28. The second-order valence-electron chi connectivity index (χ2n) is 8.45. The smallest absolute Gasteiger partial charge is 0.434 e. The molecule has 2 aromatic heterocycles. The minimum absolute atomic E-state index is 0.165. The molecule has 2 N–H and O–H groups in total. The number of fused-ring (bicyclic) bond motifs is 2. The molecule has 0 spiro atoms. The van der Waals surface area contributed by atoms with Gasteiger partial charge in [-0.2, -0.15) is 10.4 Å². The molecule has 4 atom stereocenters. The van der Waals surface area contributed by atoms with E-state index in [-0.39, 0.29) is 24.9 Å². The van der Waals surface area contributed by atoms with E-state index in [4.69, 9.17) is 29.4 Å². The Kier molecular flexibility index (Phi) is 5.25. The fourth-order valence-corrected chi connectivity index (χ4v) is 3.89. The lowest BCUT2D eigenvalue weighted by molar-refractivity contribution is -0.205. The molecule has 2 fully saturated rings. The molecule has 0 aliphatic carbocycles. The van der Waals surface area contributed by atoms with Crippen molar-refractivity contribution in [2.45, 2.75) is 57.4 Å². The zero-order chi connectivity index (χ0) is 22.4. The fraction of sp³-hybridized carbons (Fsp3) is 0.600. The monoisotopic (exact) mass is 431 g/mol. The Morgan fingerprint density at radius 1 is 1.32 bits per heavy atom. The van der Waals surface area contributed by atoms with Crippen LogP contribution in [-0.2, 0) is 29.3 Å². The zero-order valence-electron chi connectivity index (χ0n) is 17.8. The third-order valence-corrected chi connectivity index (χ3v) is 5.16. The fourth-order valence-electron chi connectivity index (χ4n) is 3.89. The van der Waals surface area contributed by atoms with Crippen molar-refractivity contribution in [2.75, 3.05) is 18.9 Å². The van der Waals surface area contributed by atoms with Crippen molar-refractivity contribution in [3.8, 4) is 6.07 Å². The molecule has 31 heavy (non-hydrogen) atoms. The standard InChI is InChI=1S/C20H25N5O6/c1-11(2)7-27-18(26)28-8-13-15-16(31-19(3,4)30-15)20(9-21,29-13)14-6-5-12-17(22)23-10-24-25(12)14/h5-6,10-11,13,15-16H,7-8H2,1-4H3,(H2,22,23,24)/t13-,15-,16-,20+/m1/s1. The molecule has 2 aliphatic heterocycles. The van der Waals surface area contributed by atoms with Crippen molar-refractivity contribution < 1.29 is 28.5 Å². The number of hydrogen-bond acceptors (Lipinski definition) is 10. The SMILES string of the molecule is CC(C)COC(=O)OC[C@H]1O[C@@](C#N)(c2ccc3c(N)ncnn23)[C@@H]2OC(C)(C)O[C@@H]21. The van der Waals surface area contributed by atoms with Crippen molar-refractivity contribution in [3.63, 3.8) is 0 Å². The van der Waals surface area contributed by atoms with E-state index in [1.165, 1.54) is 10.8 Å². The summed E-state index contributed by atoms with van der Waals surface area (Å²) in [6.07, 6.45) is -1.72. The summed E-state index contributed by atoms with van der Waals surface area (Å²) < 4.78 is 30.0. The lowest BCUT2D eigenvalue weighted by Crippen LogP contribution is -2.40. The van der Waals surface area contributed by atoms with Gasteiger partial charge in [-0.15, -0.1) is 0 Å². The van der Waals surface area contributed by atoms with E-state index < -0.39 is 35.9 Å². The quantitative estimate of drug-likeness (QED) is 0.695. The second-order valence-corrected chi connectivity index (χ2v) is 8.45. The Balaban J connectivity index is 1.64. The highest BCUT2D eigenvalue weighted by Crippen LogP contribution is 2.49. The Hall–Kier alpha value is -2.94. The first-order valence-corrected chi connectivity index (χ1v) is 10.00. The van der Waals surface area contributed by atoms with Crippen LogP contribution in [0, 0.1) is 17.2 Å². The third-order valence-electron chi connectivity index (χ3n) is 5.16. The molecule has 0 saturated carbocycles. The van der Waals surface area contributed by atoms with Gasteiger partial charge in [0.25, 0.3) is 0 Å². The number of nitrogen functional groups attached to an aromatic ring is 1. The van der Waals surface area contributed by atoms with Crippen LogP contribution in [0.25, 0.3) is 5.52 Å². The Bertz CT molecular complexity index is 1030. The third kappa shape index (κ3) is 3.67. The Morgan fingerprint density at radius 2 is 2.10 bits per heavy atom. The summed E-state index contributed by atoms with van der Waals surface area (Å²) in [5.41, 5.74) is 5.32. The van der Waals surface area contributed by atoms with Gasteiger partial charge in [-0.3, -0.25) is 0 Å². The summed E-state index contributed by atoms with van der Waals surface area (Å²) >= 11 is 0. The van der Waals surface area contributed by atoms with Gasteiger partial charge in [-0.1, -0.05) is 13.8 Å². The van der Waals surface area contributed by atoms with Crippen LogP contribution < -0.4 is 5.73 Å². The predicted octanol–water partition coefficient (Wildman–Crippen LogP) is 1.76. The summed E-state index contributed by atoms with van der Waals surface area (Å²) in [4.78, 5) is 15.9. The summed E-state index contributed by atoms with van der Waals surface area (Å²) in [5, 5.41) is 14.5. The lowest BCUT2D eigenvalue weighted by atomic mass is 9.92. The van der Waals surface area contributed by atoms with Crippen LogP contribution in [0.15, 0.2) is 18.5 Å². The van der Waals surface area contributed by atoms with E-state index >= 15 is 0 Å². The van der Waals surface area contributed by atoms with Crippen LogP contribution >= 0.6 is 0 Å². The molecule has 2 aliphatic rings. The average Bonchev–Trinajstić information content (AvgIpc) is 3.36. The number of hydrogen-bond donors (Lipinski definition) is 1. The molecule has 11 heteroatoms. The molecule has 4 heterocycles. The van der Waals surface area contributed by atoms with Crippen molar-refractivity contribution in [1.29, 1.82) is 5.26 Å². The first kappa shape index (κ1) is 21.3. The van der Waals surface area contributed by atoms with Crippen LogP contribution in [0.5, 0.6) is 0 Å². The number of ether oxygens (including phenoxy) is 5. The zero-order valence-corrected chi connectivity index (χ0v) is 17.8. The van der Waals surface area contributed by atoms with Gasteiger partial charge in [0.1, 0.15) is 42.8 Å². The van der Waals surface area contributed by atoms with Gasteiger partial charge in [0.2, 0.25) is 5.60 Å². The number of nitriles is 1. The van der Waals surface area contributed by atoms with Crippen molar-refractivity contribution in [1.82, 2.24) is 14.6 Å². The normalized spacial score (nSPS) is 29.1. The maximum atomic E-state index is 11.9. The highest BCUT2D eigenvalue weighted by Gasteiger charge is 2.65.